The van der Waals surface area contributed by atoms with E-state index in [1.165, 1.54) is 0 Å². The van der Waals surface area contributed by atoms with Crippen molar-refractivity contribution in [3.8, 4) is 0 Å². The van der Waals surface area contributed by atoms with Crippen LogP contribution in [0.4, 0.5) is 11.4 Å². The molecule has 5 nitrogen and oxygen atoms in total. The maximum atomic E-state index is 12.8. The molecule has 0 radical (unpaired) electrons. The molecule has 1 aromatic carbocycles. The highest BCUT2D eigenvalue weighted by atomic mass is 16.3. The number of benzene rings is 1. The van der Waals surface area contributed by atoms with E-state index < -0.39 is 6.10 Å². The molecule has 2 atom stereocenters. The first-order valence-corrected chi connectivity index (χ1v) is 7.44. The van der Waals surface area contributed by atoms with Crippen molar-refractivity contribution in [2.24, 2.45) is 0 Å². The number of nitrogen functional groups attached to an aromatic ring is 1. The molecule has 1 aliphatic rings. The van der Waals surface area contributed by atoms with Crippen LogP contribution in [-0.4, -0.2) is 49.2 Å². The number of nitrogens with two attached hydrogens (primary N) is 1. The average Bonchev–Trinajstić information content (AvgIpc) is 2.45. The molecule has 1 amide bonds. The number of hydrogen-bond acceptors (Lipinski definition) is 4. The van der Waals surface area contributed by atoms with Crippen molar-refractivity contribution in [2.45, 2.75) is 37.8 Å². The summed E-state index contributed by atoms with van der Waals surface area (Å²) in [6.07, 6.45) is 3.26. The number of anilines is 2. The standard InChI is InChI=1S/C16H25N3O2/c1-18(2)13-9-8-11(17)10-12(13)16(21)19(3)14-6-4-5-7-15(14)20/h8-10,14-15,20H,4-7,17H2,1-3H3. The van der Waals surface area contributed by atoms with Crippen LogP contribution in [0.3, 0.4) is 0 Å². The third kappa shape index (κ3) is 3.29. The summed E-state index contributed by atoms with van der Waals surface area (Å²) < 4.78 is 0. The van der Waals surface area contributed by atoms with E-state index in [1.54, 1.807) is 24.1 Å². The second kappa shape index (κ2) is 6.35. The summed E-state index contributed by atoms with van der Waals surface area (Å²) >= 11 is 0. The minimum absolute atomic E-state index is 0.0862. The van der Waals surface area contributed by atoms with Gasteiger partial charge in [-0.25, -0.2) is 0 Å². The molecule has 21 heavy (non-hydrogen) atoms. The number of aliphatic hydroxyl groups is 1. The quantitative estimate of drug-likeness (QED) is 0.832. The Morgan fingerprint density at radius 2 is 1.90 bits per heavy atom. The van der Waals surface area contributed by atoms with Gasteiger partial charge in [0.05, 0.1) is 17.7 Å². The minimum atomic E-state index is -0.434. The first kappa shape index (κ1) is 15.6. The molecule has 0 aromatic heterocycles. The van der Waals surface area contributed by atoms with Crippen LogP contribution in [0.5, 0.6) is 0 Å². The van der Waals surface area contributed by atoms with Gasteiger partial charge in [0.25, 0.3) is 5.91 Å². The minimum Gasteiger partial charge on any atom is -0.399 e. The third-order valence-electron chi connectivity index (χ3n) is 4.24. The number of carbonyl (C=O) groups is 1. The SMILES string of the molecule is CN(C)c1ccc(N)cc1C(=O)N(C)C1CCCCC1O. The molecule has 0 spiro atoms. The summed E-state index contributed by atoms with van der Waals surface area (Å²) in [5.74, 6) is -0.0862. The Labute approximate surface area is 126 Å². The summed E-state index contributed by atoms with van der Waals surface area (Å²) in [4.78, 5) is 16.4. The number of aliphatic hydroxyl groups excluding tert-OH is 1. The maximum Gasteiger partial charge on any atom is 0.256 e. The van der Waals surface area contributed by atoms with Gasteiger partial charge < -0.3 is 20.6 Å². The van der Waals surface area contributed by atoms with Gasteiger partial charge in [0.15, 0.2) is 0 Å². The Morgan fingerprint density at radius 1 is 1.24 bits per heavy atom. The van der Waals surface area contributed by atoms with Gasteiger partial charge in [0, 0.05) is 32.5 Å². The van der Waals surface area contributed by atoms with E-state index in [1.807, 2.05) is 25.1 Å². The lowest BCUT2D eigenvalue weighted by Crippen LogP contribution is -2.46. The summed E-state index contributed by atoms with van der Waals surface area (Å²) in [5.41, 5.74) is 7.83. The second-order valence-corrected chi connectivity index (χ2v) is 6.01. The molecule has 5 heteroatoms. The van der Waals surface area contributed by atoms with Crippen LogP contribution >= 0.6 is 0 Å². The zero-order valence-electron chi connectivity index (χ0n) is 13.0. The molecule has 1 saturated carbocycles. The van der Waals surface area contributed by atoms with E-state index in [4.69, 9.17) is 5.73 Å². The number of hydrogen-bond donors (Lipinski definition) is 2. The monoisotopic (exact) mass is 291 g/mol. The summed E-state index contributed by atoms with van der Waals surface area (Å²) in [7, 11) is 5.57. The van der Waals surface area contributed by atoms with Gasteiger partial charge in [-0.05, 0) is 31.0 Å². The molecule has 0 bridgehead atoms. The fraction of sp³-hybridized carbons (Fsp3) is 0.562. The zero-order valence-corrected chi connectivity index (χ0v) is 13.0. The number of likely N-dealkylation sites (N-methyl/N-ethyl adjacent to an activating group) is 1. The molecule has 2 unspecified atom stereocenters. The van der Waals surface area contributed by atoms with E-state index >= 15 is 0 Å². The molecule has 0 aliphatic heterocycles. The fourth-order valence-electron chi connectivity index (χ4n) is 3.00. The van der Waals surface area contributed by atoms with Crippen LogP contribution in [0, 0.1) is 0 Å². The van der Waals surface area contributed by atoms with Gasteiger partial charge >= 0.3 is 0 Å². The van der Waals surface area contributed by atoms with Crippen molar-refractivity contribution in [1.82, 2.24) is 4.90 Å². The van der Waals surface area contributed by atoms with E-state index in [9.17, 15) is 9.90 Å². The number of nitrogens with zero attached hydrogens (tertiary/aromatic N) is 2. The van der Waals surface area contributed by atoms with Gasteiger partial charge in [-0.1, -0.05) is 12.8 Å². The van der Waals surface area contributed by atoms with Crippen molar-refractivity contribution >= 4 is 17.3 Å². The Kier molecular flexibility index (Phi) is 4.73. The lowest BCUT2D eigenvalue weighted by molar-refractivity contribution is 0.0268. The fourth-order valence-corrected chi connectivity index (χ4v) is 3.00. The predicted molar refractivity (Wildman–Crippen MR) is 85.5 cm³/mol. The zero-order chi connectivity index (χ0) is 15.6. The highest BCUT2D eigenvalue weighted by Crippen LogP contribution is 2.27. The largest absolute Gasteiger partial charge is 0.399 e. The molecular weight excluding hydrogens is 266 g/mol. The lowest BCUT2D eigenvalue weighted by Gasteiger charge is -2.35. The topological polar surface area (TPSA) is 69.8 Å². The first-order chi connectivity index (χ1) is 9.91. The molecule has 1 aliphatic carbocycles. The van der Waals surface area contributed by atoms with Gasteiger partial charge in [-0.2, -0.15) is 0 Å². The molecule has 2 rings (SSSR count). The van der Waals surface area contributed by atoms with Crippen molar-refractivity contribution < 1.29 is 9.90 Å². The van der Waals surface area contributed by atoms with E-state index in [-0.39, 0.29) is 11.9 Å². The van der Waals surface area contributed by atoms with Crippen LogP contribution in [0.15, 0.2) is 18.2 Å². The van der Waals surface area contributed by atoms with E-state index in [0.29, 0.717) is 11.3 Å². The first-order valence-electron chi connectivity index (χ1n) is 7.44. The van der Waals surface area contributed by atoms with Crippen LogP contribution in [0.25, 0.3) is 0 Å². The van der Waals surface area contributed by atoms with Crippen molar-refractivity contribution in [3.05, 3.63) is 23.8 Å². The normalized spacial score (nSPS) is 21.9. The van der Waals surface area contributed by atoms with Gasteiger partial charge in [-0.3, -0.25) is 4.79 Å². The molecule has 0 saturated heterocycles. The molecule has 1 aromatic rings. The highest BCUT2D eigenvalue weighted by Gasteiger charge is 2.30. The Balaban J connectivity index is 2.28. The van der Waals surface area contributed by atoms with Crippen molar-refractivity contribution in [3.63, 3.8) is 0 Å². The molecule has 116 valence electrons. The smallest absolute Gasteiger partial charge is 0.256 e. The van der Waals surface area contributed by atoms with Gasteiger partial charge in [0.2, 0.25) is 0 Å². The van der Waals surface area contributed by atoms with Crippen molar-refractivity contribution in [2.75, 3.05) is 31.8 Å². The van der Waals surface area contributed by atoms with Crippen LogP contribution < -0.4 is 10.6 Å². The van der Waals surface area contributed by atoms with E-state index in [2.05, 4.69) is 0 Å². The molecule has 1 fully saturated rings. The second-order valence-electron chi connectivity index (χ2n) is 6.01. The predicted octanol–water partition coefficient (Wildman–Crippen LogP) is 1.71. The number of carbonyl (C=O) groups excluding carboxylic acids is 1. The van der Waals surface area contributed by atoms with Crippen LogP contribution in [0.2, 0.25) is 0 Å². The Morgan fingerprint density at radius 3 is 2.52 bits per heavy atom. The number of amides is 1. The maximum absolute atomic E-state index is 12.8. The lowest BCUT2D eigenvalue weighted by atomic mass is 9.91. The van der Waals surface area contributed by atoms with Gasteiger partial charge in [0.1, 0.15) is 0 Å². The summed E-state index contributed by atoms with van der Waals surface area (Å²) in [6.45, 7) is 0. The van der Waals surface area contributed by atoms with Crippen molar-refractivity contribution in [1.29, 1.82) is 0 Å². The third-order valence-corrected chi connectivity index (χ3v) is 4.24. The van der Waals surface area contributed by atoms with Gasteiger partial charge in [-0.15, -0.1) is 0 Å². The molecule has 3 N–H and O–H groups in total. The van der Waals surface area contributed by atoms with E-state index in [0.717, 1.165) is 31.4 Å². The van der Waals surface area contributed by atoms with Crippen LogP contribution in [-0.2, 0) is 0 Å². The number of rotatable bonds is 3. The average molecular weight is 291 g/mol. The Bertz CT molecular complexity index is 516. The molecular formula is C16H25N3O2. The Hall–Kier alpha value is -1.75. The highest BCUT2D eigenvalue weighted by molar-refractivity contribution is 6.00. The van der Waals surface area contributed by atoms with Crippen LogP contribution in [0.1, 0.15) is 36.0 Å². The molecule has 0 heterocycles. The summed E-state index contributed by atoms with van der Waals surface area (Å²) in [5, 5.41) is 10.1. The summed E-state index contributed by atoms with van der Waals surface area (Å²) in [6, 6.07) is 5.25.